The monoisotopic (exact) mass is 245 g/mol. The molecular formula is C13H15N3S. The first-order chi connectivity index (χ1) is 8.17. The number of hydrogen-bond acceptors (Lipinski definition) is 3. The number of nitriles is 1. The molecule has 1 atom stereocenters. The summed E-state index contributed by atoms with van der Waals surface area (Å²) < 4.78 is 0. The van der Waals surface area contributed by atoms with Crippen LogP contribution in [0, 0.1) is 11.3 Å². The van der Waals surface area contributed by atoms with E-state index in [1.807, 2.05) is 26.1 Å². The Labute approximate surface area is 105 Å². The lowest BCUT2D eigenvalue weighted by Crippen LogP contribution is -2.40. The van der Waals surface area contributed by atoms with Crippen molar-refractivity contribution in [1.82, 2.24) is 10.3 Å². The Balaban J connectivity index is 2.12. The zero-order valence-electron chi connectivity index (χ0n) is 9.95. The minimum atomic E-state index is -0.484. The third kappa shape index (κ3) is 2.63. The van der Waals surface area contributed by atoms with Crippen LogP contribution in [0.1, 0.15) is 6.92 Å². The third-order valence-corrected chi connectivity index (χ3v) is 4.07. The number of aromatic amines is 1. The summed E-state index contributed by atoms with van der Waals surface area (Å²) >= 11 is 1.66. The van der Waals surface area contributed by atoms with Gasteiger partial charge in [0.1, 0.15) is 5.54 Å². The minimum Gasteiger partial charge on any atom is -0.350 e. The minimum absolute atomic E-state index is 0.484. The lowest BCUT2D eigenvalue weighted by atomic mass is 10.1. The summed E-state index contributed by atoms with van der Waals surface area (Å²) in [6, 6.07) is 12.6. The summed E-state index contributed by atoms with van der Waals surface area (Å²) in [6.45, 7) is 1.91. The number of benzene rings is 1. The van der Waals surface area contributed by atoms with E-state index in [1.54, 1.807) is 11.8 Å². The first kappa shape index (κ1) is 12.0. The van der Waals surface area contributed by atoms with Crippen LogP contribution in [0.4, 0.5) is 0 Å². The predicted octanol–water partition coefficient (Wildman–Crippen LogP) is 2.76. The highest BCUT2D eigenvalue weighted by Crippen LogP contribution is 2.25. The second kappa shape index (κ2) is 4.82. The van der Waals surface area contributed by atoms with Gasteiger partial charge in [-0.3, -0.25) is 0 Å². The second-order valence-electron chi connectivity index (χ2n) is 4.20. The van der Waals surface area contributed by atoms with Crippen LogP contribution >= 0.6 is 11.8 Å². The fraction of sp³-hybridized carbons (Fsp3) is 0.308. The number of hydrogen-bond donors (Lipinski definition) is 2. The van der Waals surface area contributed by atoms with E-state index >= 15 is 0 Å². The van der Waals surface area contributed by atoms with Crippen molar-refractivity contribution in [2.45, 2.75) is 17.5 Å². The van der Waals surface area contributed by atoms with Crippen molar-refractivity contribution in [2.24, 2.45) is 0 Å². The quantitative estimate of drug-likeness (QED) is 0.814. The van der Waals surface area contributed by atoms with E-state index in [-0.39, 0.29) is 0 Å². The number of nitrogens with zero attached hydrogens (tertiary/aromatic N) is 1. The summed E-state index contributed by atoms with van der Waals surface area (Å²) in [5.41, 5.74) is 0.653. The van der Waals surface area contributed by atoms with Crippen LogP contribution in [0.25, 0.3) is 10.9 Å². The van der Waals surface area contributed by atoms with Gasteiger partial charge >= 0.3 is 0 Å². The molecular weight excluding hydrogens is 230 g/mol. The van der Waals surface area contributed by atoms with Crippen molar-refractivity contribution in [3.05, 3.63) is 30.3 Å². The van der Waals surface area contributed by atoms with Crippen molar-refractivity contribution in [3.8, 4) is 6.07 Å². The molecule has 0 spiro atoms. The van der Waals surface area contributed by atoms with Gasteiger partial charge in [0.2, 0.25) is 0 Å². The highest BCUT2D eigenvalue weighted by molar-refractivity contribution is 7.99. The van der Waals surface area contributed by atoms with E-state index < -0.39 is 5.54 Å². The van der Waals surface area contributed by atoms with Crippen molar-refractivity contribution in [1.29, 1.82) is 5.26 Å². The molecule has 4 heteroatoms. The molecule has 1 heterocycles. The van der Waals surface area contributed by atoms with Gasteiger partial charge in [-0.05, 0) is 26.1 Å². The molecule has 2 rings (SSSR count). The number of nitrogens with one attached hydrogen (secondary N) is 2. The smallest absolute Gasteiger partial charge is 0.113 e. The van der Waals surface area contributed by atoms with Gasteiger partial charge in [0.05, 0.1) is 11.1 Å². The molecule has 0 fully saturated rings. The molecule has 0 aliphatic rings. The van der Waals surface area contributed by atoms with Gasteiger partial charge < -0.3 is 10.3 Å². The van der Waals surface area contributed by atoms with E-state index in [4.69, 9.17) is 5.26 Å². The van der Waals surface area contributed by atoms with Gasteiger partial charge in [-0.25, -0.2) is 0 Å². The van der Waals surface area contributed by atoms with Crippen molar-refractivity contribution < 1.29 is 0 Å². The van der Waals surface area contributed by atoms with Crippen LogP contribution in [0.2, 0.25) is 0 Å². The zero-order chi connectivity index (χ0) is 12.3. The Morgan fingerprint density at radius 1 is 1.47 bits per heavy atom. The molecule has 1 aromatic heterocycles. The molecule has 2 N–H and O–H groups in total. The summed E-state index contributed by atoms with van der Waals surface area (Å²) in [5, 5.41) is 14.4. The van der Waals surface area contributed by atoms with Crippen LogP contribution in [0.15, 0.2) is 35.4 Å². The maximum atomic E-state index is 9.07. The van der Waals surface area contributed by atoms with Crippen LogP contribution in [-0.4, -0.2) is 23.3 Å². The SMILES string of the molecule is CNC(C)(C#N)CSc1cc2ccccc2[nH]1. The highest BCUT2D eigenvalue weighted by atomic mass is 32.2. The second-order valence-corrected chi connectivity index (χ2v) is 5.22. The van der Waals surface area contributed by atoms with Gasteiger partial charge in [-0.1, -0.05) is 18.2 Å². The van der Waals surface area contributed by atoms with Crippen LogP contribution in [0.3, 0.4) is 0 Å². The van der Waals surface area contributed by atoms with Gasteiger partial charge in [-0.15, -0.1) is 11.8 Å². The van der Waals surface area contributed by atoms with E-state index in [0.717, 1.165) is 10.5 Å². The number of thioether (sulfide) groups is 1. The fourth-order valence-electron chi connectivity index (χ4n) is 1.51. The van der Waals surface area contributed by atoms with Gasteiger partial charge in [0, 0.05) is 16.7 Å². The molecule has 3 nitrogen and oxygen atoms in total. The average molecular weight is 245 g/mol. The Kier molecular flexibility index (Phi) is 3.41. The largest absolute Gasteiger partial charge is 0.350 e. The summed E-state index contributed by atoms with van der Waals surface area (Å²) in [4.78, 5) is 3.34. The number of rotatable bonds is 4. The summed E-state index contributed by atoms with van der Waals surface area (Å²) in [6.07, 6.45) is 0. The van der Waals surface area contributed by atoms with E-state index in [1.165, 1.54) is 5.39 Å². The Bertz CT molecular complexity index is 522. The molecule has 0 radical (unpaired) electrons. The molecule has 0 saturated heterocycles. The van der Waals surface area contributed by atoms with Crippen LogP contribution < -0.4 is 5.32 Å². The molecule has 0 amide bonds. The van der Waals surface area contributed by atoms with Crippen LogP contribution in [-0.2, 0) is 0 Å². The Morgan fingerprint density at radius 3 is 2.88 bits per heavy atom. The predicted molar refractivity (Wildman–Crippen MR) is 72.1 cm³/mol. The lowest BCUT2D eigenvalue weighted by Gasteiger charge is -2.19. The van der Waals surface area contributed by atoms with Crippen LogP contribution in [0.5, 0.6) is 0 Å². The van der Waals surface area contributed by atoms with E-state index in [0.29, 0.717) is 5.75 Å². The van der Waals surface area contributed by atoms with Crippen molar-refractivity contribution >= 4 is 22.7 Å². The first-order valence-corrected chi connectivity index (χ1v) is 6.46. The topological polar surface area (TPSA) is 51.6 Å². The normalized spacial score (nSPS) is 14.4. The molecule has 0 bridgehead atoms. The first-order valence-electron chi connectivity index (χ1n) is 5.47. The molecule has 1 unspecified atom stereocenters. The van der Waals surface area contributed by atoms with E-state index in [9.17, 15) is 0 Å². The zero-order valence-corrected chi connectivity index (χ0v) is 10.8. The maximum Gasteiger partial charge on any atom is 0.113 e. The lowest BCUT2D eigenvalue weighted by molar-refractivity contribution is 0.550. The number of aromatic nitrogens is 1. The maximum absolute atomic E-state index is 9.07. The molecule has 0 aliphatic carbocycles. The molecule has 0 saturated carbocycles. The van der Waals surface area contributed by atoms with Crippen molar-refractivity contribution in [2.75, 3.05) is 12.8 Å². The van der Waals surface area contributed by atoms with Gasteiger partial charge in [-0.2, -0.15) is 5.26 Å². The van der Waals surface area contributed by atoms with Crippen molar-refractivity contribution in [3.63, 3.8) is 0 Å². The molecule has 17 heavy (non-hydrogen) atoms. The van der Waals surface area contributed by atoms with Gasteiger partial charge in [0.15, 0.2) is 0 Å². The van der Waals surface area contributed by atoms with Gasteiger partial charge in [0.25, 0.3) is 0 Å². The number of H-pyrrole nitrogens is 1. The standard InChI is InChI=1S/C13H15N3S/c1-13(8-14,15-2)9-17-12-7-10-5-3-4-6-11(10)16-12/h3-7,15-16H,9H2,1-2H3. The number of fused-ring (bicyclic) bond motifs is 1. The highest BCUT2D eigenvalue weighted by Gasteiger charge is 2.21. The average Bonchev–Trinajstić information content (AvgIpc) is 2.79. The molecule has 2 aromatic rings. The molecule has 0 aliphatic heterocycles. The molecule has 88 valence electrons. The summed E-state index contributed by atoms with van der Waals surface area (Å²) in [5.74, 6) is 0.715. The third-order valence-electron chi connectivity index (χ3n) is 2.82. The Morgan fingerprint density at radius 2 is 2.24 bits per heavy atom. The number of para-hydroxylation sites is 1. The van der Waals surface area contributed by atoms with E-state index in [2.05, 4.69) is 34.6 Å². The molecule has 1 aromatic carbocycles. The Hall–Kier alpha value is -1.44. The fourth-order valence-corrected chi connectivity index (χ4v) is 2.55. The summed E-state index contributed by atoms with van der Waals surface area (Å²) in [7, 11) is 1.81.